The second kappa shape index (κ2) is 6.67. The summed E-state index contributed by atoms with van der Waals surface area (Å²) in [5.41, 5.74) is 1.25. The van der Waals surface area contributed by atoms with E-state index >= 15 is 0 Å². The Morgan fingerprint density at radius 3 is 2.29 bits per heavy atom. The van der Waals surface area contributed by atoms with Crippen molar-refractivity contribution in [2.45, 2.75) is 32.4 Å². The van der Waals surface area contributed by atoms with E-state index < -0.39 is 0 Å². The van der Waals surface area contributed by atoms with Crippen molar-refractivity contribution in [2.24, 2.45) is 0 Å². The van der Waals surface area contributed by atoms with Crippen molar-refractivity contribution in [1.29, 1.82) is 0 Å². The van der Waals surface area contributed by atoms with E-state index in [1.807, 2.05) is 20.8 Å². The van der Waals surface area contributed by atoms with Crippen LogP contribution in [-0.4, -0.2) is 28.5 Å². The van der Waals surface area contributed by atoms with Crippen LogP contribution in [0.3, 0.4) is 0 Å². The van der Waals surface area contributed by atoms with E-state index in [2.05, 4.69) is 0 Å². The Hall–Kier alpha value is -1.26. The largest absolute Gasteiger partial charge is 0.274 e. The molecule has 1 aliphatic rings. The van der Waals surface area contributed by atoms with E-state index in [1.54, 1.807) is 24.3 Å². The molecule has 2 rings (SSSR count). The predicted molar refractivity (Wildman–Crippen MR) is 88.1 cm³/mol. The summed E-state index contributed by atoms with van der Waals surface area (Å²) in [4.78, 5) is 27.0. The van der Waals surface area contributed by atoms with Crippen molar-refractivity contribution >= 4 is 40.8 Å². The standard InChI is InChI=1S/C16H18ClNO2S/c1-4-9-18-15(19)13(11-5-7-12(17)8-6-11)14(16(18)20)21-10(2)3/h5-8,10H,4,9H2,1-3H3. The molecule has 0 aliphatic carbocycles. The third-order valence-corrected chi connectivity index (χ3v) is 4.40. The molecule has 1 aromatic rings. The van der Waals surface area contributed by atoms with Gasteiger partial charge in [0.05, 0.1) is 10.5 Å². The highest BCUT2D eigenvalue weighted by molar-refractivity contribution is 8.04. The van der Waals surface area contributed by atoms with Gasteiger partial charge in [-0.25, -0.2) is 0 Å². The molecule has 1 aromatic carbocycles. The van der Waals surface area contributed by atoms with Gasteiger partial charge in [-0.15, -0.1) is 11.8 Å². The third-order valence-electron chi connectivity index (χ3n) is 3.06. The Balaban J connectivity index is 2.48. The molecule has 5 heteroatoms. The van der Waals surface area contributed by atoms with E-state index in [1.165, 1.54) is 16.7 Å². The van der Waals surface area contributed by atoms with Gasteiger partial charge in [0.1, 0.15) is 0 Å². The SMILES string of the molecule is CCCN1C(=O)C(SC(C)C)=C(c2ccc(Cl)cc2)C1=O. The Morgan fingerprint density at radius 2 is 1.76 bits per heavy atom. The molecule has 0 saturated heterocycles. The molecule has 3 nitrogen and oxygen atoms in total. The summed E-state index contributed by atoms with van der Waals surface area (Å²) in [6.07, 6.45) is 0.755. The first-order chi connectivity index (χ1) is 9.95. The summed E-state index contributed by atoms with van der Waals surface area (Å²) in [7, 11) is 0. The molecule has 1 aliphatic heterocycles. The lowest BCUT2D eigenvalue weighted by Crippen LogP contribution is -2.32. The van der Waals surface area contributed by atoms with E-state index in [-0.39, 0.29) is 17.1 Å². The number of rotatable bonds is 5. The van der Waals surface area contributed by atoms with E-state index in [0.29, 0.717) is 22.0 Å². The summed E-state index contributed by atoms with van der Waals surface area (Å²) < 4.78 is 0. The first-order valence-electron chi connectivity index (χ1n) is 6.98. The van der Waals surface area contributed by atoms with Gasteiger partial charge in [0.15, 0.2) is 0 Å². The Morgan fingerprint density at radius 1 is 1.14 bits per heavy atom. The van der Waals surface area contributed by atoms with Crippen LogP contribution in [0.15, 0.2) is 29.2 Å². The van der Waals surface area contributed by atoms with Gasteiger partial charge in [0.2, 0.25) is 0 Å². The zero-order chi connectivity index (χ0) is 15.6. The summed E-state index contributed by atoms with van der Waals surface area (Å²) in [6.45, 7) is 6.43. The van der Waals surface area contributed by atoms with Crippen LogP contribution in [0.1, 0.15) is 32.8 Å². The molecule has 0 spiro atoms. The number of carbonyl (C=O) groups is 2. The number of carbonyl (C=O) groups excluding carboxylic acids is 2. The van der Waals surface area contributed by atoms with Crippen LogP contribution in [0.2, 0.25) is 5.02 Å². The van der Waals surface area contributed by atoms with E-state index in [9.17, 15) is 9.59 Å². The predicted octanol–water partition coefficient (Wildman–Crippen LogP) is 3.97. The maximum absolute atomic E-state index is 12.6. The van der Waals surface area contributed by atoms with Gasteiger partial charge < -0.3 is 0 Å². The molecule has 0 fully saturated rings. The fourth-order valence-corrected chi connectivity index (χ4v) is 3.33. The van der Waals surface area contributed by atoms with Crippen LogP contribution in [-0.2, 0) is 9.59 Å². The first kappa shape index (κ1) is 16.1. The number of thioether (sulfide) groups is 1. The molecule has 0 saturated carbocycles. The van der Waals surface area contributed by atoms with Crippen LogP contribution in [0.5, 0.6) is 0 Å². The minimum atomic E-state index is -0.202. The average Bonchev–Trinajstić information content (AvgIpc) is 2.65. The van der Waals surface area contributed by atoms with E-state index in [4.69, 9.17) is 11.6 Å². The fourth-order valence-electron chi connectivity index (χ4n) is 2.20. The topological polar surface area (TPSA) is 37.4 Å². The third kappa shape index (κ3) is 3.33. The summed E-state index contributed by atoms with van der Waals surface area (Å²) >= 11 is 7.34. The van der Waals surface area contributed by atoms with E-state index in [0.717, 1.165) is 12.0 Å². The zero-order valence-electron chi connectivity index (χ0n) is 12.4. The molecule has 0 atom stereocenters. The number of benzene rings is 1. The molecule has 0 bridgehead atoms. The van der Waals surface area contributed by atoms with Gasteiger partial charge in [-0.3, -0.25) is 14.5 Å². The van der Waals surface area contributed by atoms with Crippen molar-refractivity contribution in [2.75, 3.05) is 6.54 Å². The molecule has 2 amide bonds. The quantitative estimate of drug-likeness (QED) is 0.769. The molecule has 21 heavy (non-hydrogen) atoms. The minimum absolute atomic E-state index is 0.175. The van der Waals surface area contributed by atoms with Gasteiger partial charge in [0.25, 0.3) is 11.8 Å². The number of nitrogens with zero attached hydrogens (tertiary/aromatic N) is 1. The van der Waals surface area contributed by atoms with Crippen molar-refractivity contribution in [1.82, 2.24) is 4.90 Å². The fraction of sp³-hybridized carbons (Fsp3) is 0.375. The zero-order valence-corrected chi connectivity index (χ0v) is 13.9. The number of hydrogen-bond donors (Lipinski definition) is 0. The number of amides is 2. The Kier molecular flexibility index (Phi) is 5.12. The molecule has 0 unspecified atom stereocenters. The Labute approximate surface area is 134 Å². The molecule has 1 heterocycles. The lowest BCUT2D eigenvalue weighted by atomic mass is 10.1. The van der Waals surface area contributed by atoms with Crippen molar-refractivity contribution in [3.63, 3.8) is 0 Å². The highest BCUT2D eigenvalue weighted by atomic mass is 35.5. The number of imide groups is 1. The Bertz CT molecular complexity index is 593. The normalized spacial score (nSPS) is 15.6. The van der Waals surface area contributed by atoms with Crippen LogP contribution in [0.4, 0.5) is 0 Å². The summed E-state index contributed by atoms with van der Waals surface area (Å²) in [6, 6.07) is 7.06. The number of hydrogen-bond acceptors (Lipinski definition) is 3. The van der Waals surface area contributed by atoms with Crippen molar-refractivity contribution in [3.05, 3.63) is 39.8 Å². The lowest BCUT2D eigenvalue weighted by Gasteiger charge is -2.13. The monoisotopic (exact) mass is 323 g/mol. The summed E-state index contributed by atoms with van der Waals surface area (Å²) in [5, 5.41) is 0.847. The van der Waals surface area contributed by atoms with Crippen molar-refractivity contribution < 1.29 is 9.59 Å². The lowest BCUT2D eigenvalue weighted by molar-refractivity contribution is -0.136. The van der Waals surface area contributed by atoms with Gasteiger partial charge >= 0.3 is 0 Å². The maximum atomic E-state index is 12.6. The molecule has 0 aromatic heterocycles. The maximum Gasteiger partial charge on any atom is 0.267 e. The second-order valence-corrected chi connectivity index (χ2v) is 7.16. The minimum Gasteiger partial charge on any atom is -0.274 e. The highest BCUT2D eigenvalue weighted by Crippen LogP contribution is 2.38. The first-order valence-corrected chi connectivity index (χ1v) is 8.24. The van der Waals surface area contributed by atoms with Gasteiger partial charge in [-0.05, 0) is 24.1 Å². The smallest absolute Gasteiger partial charge is 0.267 e. The van der Waals surface area contributed by atoms with Gasteiger partial charge in [0, 0.05) is 16.8 Å². The van der Waals surface area contributed by atoms with Crippen LogP contribution >= 0.6 is 23.4 Å². The molecule has 112 valence electrons. The average molecular weight is 324 g/mol. The molecule has 0 radical (unpaired) electrons. The van der Waals surface area contributed by atoms with Gasteiger partial charge in [-0.1, -0.05) is 44.5 Å². The summed E-state index contributed by atoms with van der Waals surface area (Å²) in [5.74, 6) is -0.377. The van der Waals surface area contributed by atoms with Crippen LogP contribution in [0.25, 0.3) is 5.57 Å². The van der Waals surface area contributed by atoms with Crippen LogP contribution in [0, 0.1) is 0 Å². The van der Waals surface area contributed by atoms with Gasteiger partial charge in [-0.2, -0.15) is 0 Å². The molecular formula is C16H18ClNO2S. The molecular weight excluding hydrogens is 306 g/mol. The highest BCUT2D eigenvalue weighted by Gasteiger charge is 2.38. The second-order valence-electron chi connectivity index (χ2n) is 5.14. The molecule has 0 N–H and O–H groups in total. The van der Waals surface area contributed by atoms with Crippen LogP contribution < -0.4 is 0 Å². The number of halogens is 1. The van der Waals surface area contributed by atoms with Crippen molar-refractivity contribution in [3.8, 4) is 0 Å².